The van der Waals surface area contributed by atoms with Gasteiger partial charge in [-0.2, -0.15) is 4.98 Å². The predicted molar refractivity (Wildman–Crippen MR) is 90.6 cm³/mol. The molecule has 4 fully saturated rings. The average Bonchev–Trinajstić information content (AvgIpc) is 2.94. The van der Waals surface area contributed by atoms with Crippen molar-refractivity contribution in [1.82, 2.24) is 24.9 Å². The molecule has 1 amide bonds. The molecule has 2 aromatic heterocycles. The molecule has 6 nitrogen and oxygen atoms in total. The summed E-state index contributed by atoms with van der Waals surface area (Å²) in [5, 5.41) is 8.33. The van der Waals surface area contributed by atoms with Gasteiger partial charge in [-0.05, 0) is 62.3 Å². The number of amides is 1. The maximum atomic E-state index is 12.5. The van der Waals surface area contributed by atoms with E-state index in [2.05, 4.69) is 20.4 Å². The SMILES string of the molecule is O=C(CSc1nc2ncccn2n1)NC12CC3CC(CC(C3)C1)C2. The first-order valence-electron chi connectivity index (χ1n) is 8.79. The first-order chi connectivity index (χ1) is 11.7. The van der Waals surface area contributed by atoms with Gasteiger partial charge in [0.2, 0.25) is 11.1 Å². The molecule has 7 heteroatoms. The molecule has 4 aliphatic rings. The first-order valence-corrected chi connectivity index (χ1v) is 9.77. The third-order valence-corrected chi connectivity index (χ3v) is 6.71. The zero-order chi connectivity index (χ0) is 16.1. The summed E-state index contributed by atoms with van der Waals surface area (Å²) < 4.78 is 1.64. The van der Waals surface area contributed by atoms with Crippen LogP contribution in [0.5, 0.6) is 0 Å². The van der Waals surface area contributed by atoms with Gasteiger partial charge in [-0.25, -0.2) is 9.50 Å². The van der Waals surface area contributed by atoms with Crippen molar-refractivity contribution in [3.05, 3.63) is 18.5 Å². The summed E-state index contributed by atoms with van der Waals surface area (Å²) in [6.07, 6.45) is 11.2. The third kappa shape index (κ3) is 2.59. The Morgan fingerprint density at radius 3 is 2.62 bits per heavy atom. The molecule has 6 rings (SSSR count). The Balaban J connectivity index is 1.23. The molecular weight excluding hydrogens is 322 g/mol. The number of fused-ring (bicyclic) bond motifs is 1. The van der Waals surface area contributed by atoms with Crippen molar-refractivity contribution in [2.75, 3.05) is 5.75 Å². The summed E-state index contributed by atoms with van der Waals surface area (Å²) in [5.74, 6) is 3.59. The van der Waals surface area contributed by atoms with E-state index in [1.165, 1.54) is 50.3 Å². The lowest BCUT2D eigenvalue weighted by Crippen LogP contribution is -2.60. The van der Waals surface area contributed by atoms with E-state index in [1.807, 2.05) is 12.3 Å². The molecule has 126 valence electrons. The van der Waals surface area contributed by atoms with E-state index in [-0.39, 0.29) is 11.4 Å². The highest BCUT2D eigenvalue weighted by Crippen LogP contribution is 2.55. The number of carbonyl (C=O) groups excluding carboxylic acids is 1. The number of thioether (sulfide) groups is 1. The molecule has 0 unspecified atom stereocenters. The van der Waals surface area contributed by atoms with E-state index >= 15 is 0 Å². The standard InChI is InChI=1S/C17H21N5OS/c23-14(10-24-16-19-15-18-2-1-3-22(15)21-16)20-17-7-11-4-12(8-17)6-13(5-11)9-17/h1-3,11-13H,4-10H2,(H,20,23). The lowest BCUT2D eigenvalue weighted by Gasteiger charge is -2.56. The second-order valence-corrected chi connectivity index (χ2v) is 8.74. The molecule has 0 aliphatic heterocycles. The summed E-state index contributed by atoms with van der Waals surface area (Å²) in [4.78, 5) is 21.0. The van der Waals surface area contributed by atoms with Crippen LogP contribution in [0.25, 0.3) is 5.78 Å². The minimum atomic E-state index is 0.0836. The Kier molecular flexibility index (Phi) is 3.33. The molecule has 24 heavy (non-hydrogen) atoms. The van der Waals surface area contributed by atoms with Gasteiger partial charge in [-0.1, -0.05) is 11.8 Å². The van der Waals surface area contributed by atoms with Crippen molar-refractivity contribution in [1.29, 1.82) is 0 Å². The number of hydrogen-bond acceptors (Lipinski definition) is 5. The van der Waals surface area contributed by atoms with Crippen LogP contribution >= 0.6 is 11.8 Å². The van der Waals surface area contributed by atoms with E-state index in [0.29, 0.717) is 16.7 Å². The molecule has 0 saturated heterocycles. The summed E-state index contributed by atoms with van der Waals surface area (Å²) in [7, 11) is 0. The minimum Gasteiger partial charge on any atom is -0.350 e. The van der Waals surface area contributed by atoms with Crippen LogP contribution < -0.4 is 5.32 Å². The van der Waals surface area contributed by atoms with Gasteiger partial charge >= 0.3 is 0 Å². The molecule has 0 radical (unpaired) electrons. The molecule has 2 heterocycles. The largest absolute Gasteiger partial charge is 0.350 e. The molecule has 1 N–H and O–H groups in total. The first kappa shape index (κ1) is 14.7. The number of carbonyl (C=O) groups is 1. The molecular formula is C17H21N5OS. The highest BCUT2D eigenvalue weighted by Gasteiger charge is 2.51. The monoisotopic (exact) mass is 343 g/mol. The van der Waals surface area contributed by atoms with Crippen LogP contribution in [-0.4, -0.2) is 36.8 Å². The minimum absolute atomic E-state index is 0.0836. The van der Waals surface area contributed by atoms with Gasteiger partial charge in [0, 0.05) is 17.9 Å². The summed E-state index contributed by atoms with van der Waals surface area (Å²) in [5.41, 5.74) is 0.0836. The van der Waals surface area contributed by atoms with E-state index < -0.39 is 0 Å². The molecule has 2 aromatic rings. The zero-order valence-corrected chi connectivity index (χ0v) is 14.3. The molecule has 0 spiro atoms. The Labute approximate surface area is 144 Å². The maximum absolute atomic E-state index is 12.5. The van der Waals surface area contributed by atoms with Gasteiger partial charge < -0.3 is 5.32 Å². The van der Waals surface area contributed by atoms with Gasteiger partial charge in [-0.15, -0.1) is 5.10 Å². The molecule has 4 saturated carbocycles. The van der Waals surface area contributed by atoms with Crippen LogP contribution in [0.4, 0.5) is 0 Å². The Hall–Kier alpha value is -1.63. The van der Waals surface area contributed by atoms with Gasteiger partial charge in [0.05, 0.1) is 5.75 Å². The highest BCUT2D eigenvalue weighted by atomic mass is 32.2. The number of rotatable bonds is 4. The maximum Gasteiger partial charge on any atom is 0.253 e. The van der Waals surface area contributed by atoms with Gasteiger partial charge in [0.1, 0.15) is 0 Å². The fraction of sp³-hybridized carbons (Fsp3) is 0.647. The second kappa shape index (κ2) is 5.44. The number of aromatic nitrogens is 4. The van der Waals surface area contributed by atoms with E-state index in [0.717, 1.165) is 17.8 Å². The molecule has 0 aromatic carbocycles. The quantitative estimate of drug-likeness (QED) is 0.863. The van der Waals surface area contributed by atoms with E-state index in [9.17, 15) is 4.79 Å². The van der Waals surface area contributed by atoms with Crippen molar-refractivity contribution >= 4 is 23.4 Å². The van der Waals surface area contributed by atoms with Gasteiger partial charge in [-0.3, -0.25) is 4.79 Å². The van der Waals surface area contributed by atoms with Crippen LogP contribution in [0.1, 0.15) is 38.5 Å². The second-order valence-electron chi connectivity index (χ2n) is 7.79. The van der Waals surface area contributed by atoms with Crippen molar-refractivity contribution in [3.8, 4) is 0 Å². The topological polar surface area (TPSA) is 72.2 Å². The van der Waals surface area contributed by atoms with E-state index in [1.54, 1.807) is 10.7 Å². The Bertz CT molecular complexity index is 720. The van der Waals surface area contributed by atoms with Crippen LogP contribution in [-0.2, 0) is 4.79 Å². The van der Waals surface area contributed by atoms with Gasteiger partial charge in [0.25, 0.3) is 5.78 Å². The van der Waals surface area contributed by atoms with Crippen molar-refractivity contribution in [3.63, 3.8) is 0 Å². The molecule has 0 atom stereocenters. The summed E-state index contributed by atoms with van der Waals surface area (Å²) in [6, 6.07) is 1.82. The van der Waals surface area contributed by atoms with Crippen molar-refractivity contribution < 1.29 is 4.79 Å². The van der Waals surface area contributed by atoms with Crippen molar-refractivity contribution in [2.24, 2.45) is 17.8 Å². The van der Waals surface area contributed by atoms with Crippen LogP contribution in [0, 0.1) is 17.8 Å². The Morgan fingerprint density at radius 1 is 1.25 bits per heavy atom. The number of nitrogens with zero attached hydrogens (tertiary/aromatic N) is 4. The fourth-order valence-corrected chi connectivity index (χ4v) is 6.12. The average molecular weight is 343 g/mol. The zero-order valence-electron chi connectivity index (χ0n) is 13.5. The van der Waals surface area contributed by atoms with Gasteiger partial charge in [0.15, 0.2) is 0 Å². The third-order valence-electron chi connectivity index (χ3n) is 5.87. The number of nitrogens with one attached hydrogen (secondary N) is 1. The van der Waals surface area contributed by atoms with Crippen LogP contribution in [0.3, 0.4) is 0 Å². The van der Waals surface area contributed by atoms with Crippen LogP contribution in [0.15, 0.2) is 23.6 Å². The molecule has 4 bridgehead atoms. The predicted octanol–water partition coefficient (Wildman–Crippen LogP) is 2.30. The lowest BCUT2D eigenvalue weighted by atomic mass is 9.53. The fourth-order valence-electron chi connectivity index (χ4n) is 5.50. The summed E-state index contributed by atoms with van der Waals surface area (Å²) in [6.45, 7) is 0. The Morgan fingerprint density at radius 2 is 1.96 bits per heavy atom. The van der Waals surface area contributed by atoms with Crippen molar-refractivity contribution in [2.45, 2.75) is 49.2 Å². The van der Waals surface area contributed by atoms with E-state index in [4.69, 9.17) is 0 Å². The molecule has 4 aliphatic carbocycles. The smallest absolute Gasteiger partial charge is 0.253 e. The summed E-state index contributed by atoms with van der Waals surface area (Å²) >= 11 is 1.39. The highest BCUT2D eigenvalue weighted by molar-refractivity contribution is 7.99. The van der Waals surface area contributed by atoms with Crippen LogP contribution in [0.2, 0.25) is 0 Å². The lowest BCUT2D eigenvalue weighted by molar-refractivity contribution is -0.124. The number of hydrogen-bond donors (Lipinski definition) is 1. The normalized spacial score (nSPS) is 33.9.